The topological polar surface area (TPSA) is 24.4 Å². The zero-order valence-corrected chi connectivity index (χ0v) is 13.9. The normalized spacial score (nSPS) is 21.1. The van der Waals surface area contributed by atoms with Crippen LogP contribution in [0.1, 0.15) is 37.7 Å². The molecular formula is C15H18BrFN2S. The van der Waals surface area contributed by atoms with E-state index in [0.717, 1.165) is 22.2 Å². The van der Waals surface area contributed by atoms with Gasteiger partial charge in [-0.25, -0.2) is 4.39 Å². The van der Waals surface area contributed by atoms with Crippen molar-refractivity contribution in [3.63, 3.8) is 0 Å². The van der Waals surface area contributed by atoms with Crippen molar-refractivity contribution < 1.29 is 4.39 Å². The van der Waals surface area contributed by atoms with Gasteiger partial charge in [-0.2, -0.15) is 0 Å². The van der Waals surface area contributed by atoms with Crippen LogP contribution < -0.4 is 5.32 Å². The predicted molar refractivity (Wildman–Crippen MR) is 88.2 cm³/mol. The summed E-state index contributed by atoms with van der Waals surface area (Å²) in [5.41, 5.74) is 1.99. The summed E-state index contributed by atoms with van der Waals surface area (Å²) < 4.78 is 13.9. The summed E-state index contributed by atoms with van der Waals surface area (Å²) in [6.07, 6.45) is 6.33. The molecule has 2 nitrogen and oxygen atoms in total. The first-order valence-corrected chi connectivity index (χ1v) is 8.81. The molecule has 108 valence electrons. The first kappa shape index (κ1) is 14.4. The number of thioether (sulfide) groups is 1. The lowest BCUT2D eigenvalue weighted by atomic mass is 9.84. The van der Waals surface area contributed by atoms with E-state index in [1.165, 1.54) is 32.1 Å². The lowest BCUT2D eigenvalue weighted by Crippen LogP contribution is -2.29. The third-order valence-corrected chi connectivity index (χ3v) is 5.87. The molecule has 0 aromatic heterocycles. The Labute approximate surface area is 131 Å². The number of halogens is 2. The van der Waals surface area contributed by atoms with Gasteiger partial charge in [-0.1, -0.05) is 31.0 Å². The fourth-order valence-corrected chi connectivity index (χ4v) is 4.45. The van der Waals surface area contributed by atoms with Gasteiger partial charge in [0.1, 0.15) is 5.82 Å². The molecule has 1 N–H and O–H groups in total. The lowest BCUT2D eigenvalue weighted by Gasteiger charge is -2.29. The van der Waals surface area contributed by atoms with E-state index in [0.29, 0.717) is 4.47 Å². The number of benzene rings is 1. The Morgan fingerprint density at radius 1 is 1.30 bits per heavy atom. The van der Waals surface area contributed by atoms with Gasteiger partial charge in [0.05, 0.1) is 10.0 Å². The Balaban J connectivity index is 1.78. The molecule has 20 heavy (non-hydrogen) atoms. The van der Waals surface area contributed by atoms with Gasteiger partial charge in [0.15, 0.2) is 5.17 Å². The lowest BCUT2D eigenvalue weighted by molar-refractivity contribution is 0.335. The second-order valence-corrected chi connectivity index (χ2v) is 7.52. The Hall–Kier alpha value is -0.550. The predicted octanol–water partition coefficient (Wildman–Crippen LogP) is 5.11. The number of anilines is 1. The van der Waals surface area contributed by atoms with Crippen molar-refractivity contribution in [2.24, 2.45) is 4.99 Å². The Kier molecular flexibility index (Phi) is 4.09. The van der Waals surface area contributed by atoms with Gasteiger partial charge in [0.2, 0.25) is 0 Å². The monoisotopic (exact) mass is 356 g/mol. The molecule has 0 radical (unpaired) electrons. The highest BCUT2D eigenvalue weighted by molar-refractivity contribution is 9.10. The molecule has 1 aliphatic heterocycles. The maximum Gasteiger partial charge on any atom is 0.161 e. The van der Waals surface area contributed by atoms with Crippen LogP contribution in [0, 0.1) is 12.7 Å². The van der Waals surface area contributed by atoms with Crippen molar-refractivity contribution in [2.45, 2.75) is 44.6 Å². The van der Waals surface area contributed by atoms with Gasteiger partial charge >= 0.3 is 0 Å². The molecule has 1 spiro atoms. The zero-order valence-electron chi connectivity index (χ0n) is 11.5. The molecule has 0 atom stereocenters. The van der Waals surface area contributed by atoms with Crippen molar-refractivity contribution in [1.29, 1.82) is 0 Å². The summed E-state index contributed by atoms with van der Waals surface area (Å²) in [4.78, 5) is 4.93. The zero-order chi connectivity index (χ0) is 14.2. The summed E-state index contributed by atoms with van der Waals surface area (Å²) in [6.45, 7) is 1.91. The Morgan fingerprint density at radius 2 is 2.05 bits per heavy atom. The largest absolute Gasteiger partial charge is 0.335 e. The van der Waals surface area contributed by atoms with Crippen LogP contribution in [-0.4, -0.2) is 16.5 Å². The highest BCUT2D eigenvalue weighted by Crippen LogP contribution is 2.40. The quantitative estimate of drug-likeness (QED) is 0.755. The van der Waals surface area contributed by atoms with Gasteiger partial charge in [-0.3, -0.25) is 4.99 Å². The minimum absolute atomic E-state index is 0.163. The first-order valence-electron chi connectivity index (χ1n) is 7.03. The third kappa shape index (κ3) is 2.89. The molecule has 0 unspecified atom stereocenters. The van der Waals surface area contributed by atoms with Gasteiger partial charge in [0.25, 0.3) is 0 Å². The van der Waals surface area contributed by atoms with E-state index in [1.807, 2.05) is 6.92 Å². The molecule has 3 rings (SSSR count). The number of hydrogen-bond acceptors (Lipinski definition) is 3. The molecule has 0 saturated heterocycles. The van der Waals surface area contributed by atoms with Gasteiger partial charge in [-0.15, -0.1) is 0 Å². The van der Waals surface area contributed by atoms with Gasteiger partial charge < -0.3 is 5.32 Å². The maximum atomic E-state index is 13.4. The number of aliphatic imine (C=N–C) groups is 1. The standard InChI is InChI=1S/C15H18BrFN2S/c1-10-7-12(17)11(16)8-13(10)18-14-19-15(9-20-14)5-3-2-4-6-15/h7-8H,2-6,9H2,1H3,(H,18,19). The van der Waals surface area contributed by atoms with Crippen LogP contribution in [0.15, 0.2) is 21.6 Å². The van der Waals surface area contributed by atoms with Crippen LogP contribution >= 0.6 is 27.7 Å². The average molecular weight is 357 g/mol. The molecule has 1 heterocycles. The van der Waals surface area contributed by atoms with Crippen molar-refractivity contribution in [3.05, 3.63) is 28.0 Å². The third-order valence-electron chi connectivity index (χ3n) is 4.11. The fraction of sp³-hybridized carbons (Fsp3) is 0.533. The van der Waals surface area contributed by atoms with E-state index >= 15 is 0 Å². The molecule has 0 amide bonds. The highest BCUT2D eigenvalue weighted by Gasteiger charge is 2.36. The molecule has 1 aromatic rings. The summed E-state index contributed by atoms with van der Waals surface area (Å²) in [7, 11) is 0. The van der Waals surface area contributed by atoms with Crippen molar-refractivity contribution in [3.8, 4) is 0 Å². The van der Waals surface area contributed by atoms with E-state index in [4.69, 9.17) is 4.99 Å². The molecule has 1 fully saturated rings. The fourth-order valence-electron chi connectivity index (χ4n) is 2.91. The van der Waals surface area contributed by atoms with Gasteiger partial charge in [-0.05, 0) is 53.4 Å². The van der Waals surface area contributed by atoms with Crippen LogP contribution in [0.4, 0.5) is 10.1 Å². The van der Waals surface area contributed by atoms with Crippen molar-refractivity contribution in [2.75, 3.05) is 11.1 Å². The summed E-state index contributed by atoms with van der Waals surface area (Å²) in [5, 5.41) is 4.35. The SMILES string of the molecule is Cc1cc(F)c(Br)cc1NC1=NC2(CCCCC2)CS1. The van der Waals surface area contributed by atoms with Crippen LogP contribution in [0.2, 0.25) is 0 Å². The minimum atomic E-state index is -0.224. The molecule has 2 aliphatic rings. The maximum absolute atomic E-state index is 13.4. The molecular weight excluding hydrogens is 339 g/mol. The second-order valence-electron chi connectivity index (χ2n) is 5.70. The number of nitrogens with one attached hydrogen (secondary N) is 1. The van der Waals surface area contributed by atoms with Crippen molar-refractivity contribution in [1.82, 2.24) is 0 Å². The Bertz CT molecular complexity index is 553. The number of nitrogens with zero attached hydrogens (tertiary/aromatic N) is 1. The number of aryl methyl sites for hydroxylation is 1. The summed E-state index contributed by atoms with van der Waals surface area (Å²) >= 11 is 5.03. The first-order chi connectivity index (χ1) is 9.58. The molecule has 1 aromatic carbocycles. The minimum Gasteiger partial charge on any atom is -0.335 e. The number of hydrogen-bond donors (Lipinski definition) is 1. The average Bonchev–Trinajstić information content (AvgIpc) is 2.79. The van der Waals surface area contributed by atoms with E-state index in [9.17, 15) is 4.39 Å². The van der Waals surface area contributed by atoms with Crippen LogP contribution in [-0.2, 0) is 0 Å². The summed E-state index contributed by atoms with van der Waals surface area (Å²) in [5.74, 6) is 0.856. The molecule has 1 aliphatic carbocycles. The molecule has 5 heteroatoms. The van der Waals surface area contributed by atoms with E-state index in [1.54, 1.807) is 23.9 Å². The van der Waals surface area contributed by atoms with Crippen LogP contribution in [0.3, 0.4) is 0 Å². The van der Waals surface area contributed by atoms with E-state index in [2.05, 4.69) is 21.2 Å². The van der Waals surface area contributed by atoms with E-state index in [-0.39, 0.29) is 11.4 Å². The number of amidine groups is 1. The number of rotatable bonds is 1. The van der Waals surface area contributed by atoms with Gasteiger partial charge in [0, 0.05) is 11.4 Å². The smallest absolute Gasteiger partial charge is 0.161 e. The Morgan fingerprint density at radius 3 is 2.80 bits per heavy atom. The summed E-state index contributed by atoms with van der Waals surface area (Å²) in [6, 6.07) is 3.34. The molecule has 0 bridgehead atoms. The highest BCUT2D eigenvalue weighted by atomic mass is 79.9. The van der Waals surface area contributed by atoms with Crippen LogP contribution in [0.5, 0.6) is 0 Å². The second kappa shape index (κ2) is 5.68. The van der Waals surface area contributed by atoms with Crippen molar-refractivity contribution >= 4 is 38.5 Å². The van der Waals surface area contributed by atoms with Crippen LogP contribution in [0.25, 0.3) is 0 Å². The van der Waals surface area contributed by atoms with E-state index < -0.39 is 0 Å². The molecule has 1 saturated carbocycles.